The maximum Gasteiger partial charge on any atom is 0.229 e. The van der Waals surface area contributed by atoms with Gasteiger partial charge in [0.15, 0.2) is 0 Å². The fourth-order valence-electron chi connectivity index (χ4n) is 2.69. The molecular formula is C15H18FN5O. The summed E-state index contributed by atoms with van der Waals surface area (Å²) < 4.78 is 14.6. The molecule has 0 radical (unpaired) electrons. The van der Waals surface area contributed by atoms with Gasteiger partial charge in [0, 0.05) is 13.6 Å². The number of benzene rings is 1. The molecule has 0 bridgehead atoms. The van der Waals surface area contributed by atoms with E-state index in [0.29, 0.717) is 18.7 Å². The molecule has 2 aromatic rings. The first-order chi connectivity index (χ1) is 10.6. The van der Waals surface area contributed by atoms with Crippen LogP contribution >= 0.6 is 0 Å². The molecule has 2 unspecified atom stereocenters. The highest BCUT2D eigenvalue weighted by Crippen LogP contribution is 2.29. The van der Waals surface area contributed by atoms with Crippen molar-refractivity contribution in [3.05, 3.63) is 41.3 Å². The van der Waals surface area contributed by atoms with Crippen LogP contribution in [0.15, 0.2) is 24.3 Å². The number of amides is 1. The third-order valence-corrected chi connectivity index (χ3v) is 3.95. The Kier molecular flexibility index (Phi) is 3.79. The largest absolute Gasteiger partial charge is 0.369 e. The van der Waals surface area contributed by atoms with Crippen LogP contribution in [0, 0.1) is 5.82 Å². The van der Waals surface area contributed by atoms with Gasteiger partial charge in [-0.1, -0.05) is 17.3 Å². The van der Waals surface area contributed by atoms with Gasteiger partial charge in [0.05, 0.1) is 12.0 Å². The SMILES string of the molecule is CC(NC(=O)C1CCNc2c1nnn2C)c1ccc(F)cc1. The van der Waals surface area contributed by atoms with Crippen LogP contribution in [-0.2, 0) is 11.8 Å². The van der Waals surface area contributed by atoms with E-state index in [9.17, 15) is 9.18 Å². The van der Waals surface area contributed by atoms with Gasteiger partial charge < -0.3 is 10.6 Å². The molecule has 1 aliphatic rings. The van der Waals surface area contributed by atoms with Crippen LogP contribution in [0.5, 0.6) is 0 Å². The van der Waals surface area contributed by atoms with Crippen LogP contribution in [0.1, 0.15) is 36.6 Å². The van der Waals surface area contributed by atoms with E-state index in [1.54, 1.807) is 23.9 Å². The Morgan fingerprint density at radius 1 is 1.45 bits per heavy atom. The van der Waals surface area contributed by atoms with E-state index in [0.717, 1.165) is 11.4 Å². The highest BCUT2D eigenvalue weighted by Gasteiger charge is 2.31. The summed E-state index contributed by atoms with van der Waals surface area (Å²) in [5.41, 5.74) is 1.54. The number of rotatable bonds is 3. The molecule has 1 aromatic heterocycles. The lowest BCUT2D eigenvalue weighted by molar-refractivity contribution is -0.123. The zero-order chi connectivity index (χ0) is 15.7. The van der Waals surface area contributed by atoms with Crippen LogP contribution in [0.3, 0.4) is 0 Å². The molecule has 6 nitrogen and oxygen atoms in total. The second kappa shape index (κ2) is 5.75. The van der Waals surface area contributed by atoms with Gasteiger partial charge in [-0.05, 0) is 31.0 Å². The first-order valence-corrected chi connectivity index (χ1v) is 7.25. The molecule has 0 aliphatic carbocycles. The zero-order valence-electron chi connectivity index (χ0n) is 12.5. The zero-order valence-corrected chi connectivity index (χ0v) is 12.5. The van der Waals surface area contributed by atoms with Gasteiger partial charge in [-0.2, -0.15) is 0 Å². The first-order valence-electron chi connectivity index (χ1n) is 7.25. The molecule has 1 amide bonds. The second-order valence-corrected chi connectivity index (χ2v) is 5.50. The number of nitrogens with zero attached hydrogens (tertiary/aromatic N) is 3. The molecular weight excluding hydrogens is 285 g/mol. The summed E-state index contributed by atoms with van der Waals surface area (Å²) in [7, 11) is 1.79. The monoisotopic (exact) mass is 303 g/mol. The summed E-state index contributed by atoms with van der Waals surface area (Å²) >= 11 is 0. The molecule has 1 aliphatic heterocycles. The van der Waals surface area contributed by atoms with E-state index >= 15 is 0 Å². The Morgan fingerprint density at radius 2 is 2.18 bits per heavy atom. The minimum absolute atomic E-state index is 0.0833. The number of halogens is 1. The smallest absolute Gasteiger partial charge is 0.229 e. The number of carbonyl (C=O) groups is 1. The Labute approximate surface area is 127 Å². The summed E-state index contributed by atoms with van der Waals surface area (Å²) in [6, 6.07) is 5.95. The van der Waals surface area contributed by atoms with Gasteiger partial charge in [0.25, 0.3) is 0 Å². The summed E-state index contributed by atoms with van der Waals surface area (Å²) in [5.74, 6) is 0.110. The highest BCUT2D eigenvalue weighted by molar-refractivity contribution is 5.85. The lowest BCUT2D eigenvalue weighted by atomic mass is 9.96. The number of nitrogens with one attached hydrogen (secondary N) is 2. The van der Waals surface area contributed by atoms with Crippen molar-refractivity contribution in [3.63, 3.8) is 0 Å². The molecule has 3 rings (SSSR count). The maximum atomic E-state index is 13.0. The molecule has 2 N–H and O–H groups in total. The number of anilines is 1. The van der Waals surface area contributed by atoms with E-state index in [1.165, 1.54) is 12.1 Å². The molecule has 22 heavy (non-hydrogen) atoms. The minimum atomic E-state index is -0.312. The Morgan fingerprint density at radius 3 is 2.91 bits per heavy atom. The van der Waals surface area contributed by atoms with Crippen molar-refractivity contribution in [1.29, 1.82) is 0 Å². The van der Waals surface area contributed by atoms with Gasteiger partial charge in [-0.15, -0.1) is 5.10 Å². The summed E-state index contributed by atoms with van der Waals surface area (Å²) in [6.45, 7) is 2.58. The summed E-state index contributed by atoms with van der Waals surface area (Å²) in [4.78, 5) is 12.5. The molecule has 0 fully saturated rings. The van der Waals surface area contributed by atoms with E-state index in [4.69, 9.17) is 0 Å². The lowest BCUT2D eigenvalue weighted by Crippen LogP contribution is -2.35. The molecule has 2 atom stereocenters. The number of aryl methyl sites for hydroxylation is 1. The molecule has 0 saturated heterocycles. The van der Waals surface area contributed by atoms with Gasteiger partial charge >= 0.3 is 0 Å². The number of hydrogen-bond acceptors (Lipinski definition) is 4. The molecule has 116 valence electrons. The Bertz CT molecular complexity index is 682. The minimum Gasteiger partial charge on any atom is -0.369 e. The van der Waals surface area contributed by atoms with Crippen molar-refractivity contribution in [1.82, 2.24) is 20.3 Å². The quantitative estimate of drug-likeness (QED) is 0.906. The van der Waals surface area contributed by atoms with E-state index in [-0.39, 0.29) is 23.7 Å². The molecule has 0 saturated carbocycles. The van der Waals surface area contributed by atoms with E-state index in [1.807, 2.05) is 6.92 Å². The third-order valence-electron chi connectivity index (χ3n) is 3.95. The van der Waals surface area contributed by atoms with E-state index < -0.39 is 0 Å². The van der Waals surface area contributed by atoms with Crippen LogP contribution in [0.4, 0.5) is 10.2 Å². The standard InChI is InChI=1S/C15H18FN5O/c1-9(10-3-5-11(16)6-4-10)18-15(22)12-7-8-17-14-13(12)19-20-21(14)2/h3-6,9,12,17H,7-8H2,1-2H3,(H,18,22). The van der Waals surface area contributed by atoms with Crippen LogP contribution in [-0.4, -0.2) is 27.4 Å². The van der Waals surface area contributed by atoms with Crippen LogP contribution in [0.25, 0.3) is 0 Å². The number of fused-ring (bicyclic) bond motifs is 1. The molecule has 1 aromatic carbocycles. The Hall–Kier alpha value is -2.44. The van der Waals surface area contributed by atoms with Crippen molar-refractivity contribution in [3.8, 4) is 0 Å². The third kappa shape index (κ3) is 2.66. The van der Waals surface area contributed by atoms with Gasteiger partial charge in [0.1, 0.15) is 17.3 Å². The van der Waals surface area contributed by atoms with Gasteiger partial charge in [-0.3, -0.25) is 4.79 Å². The van der Waals surface area contributed by atoms with Crippen molar-refractivity contribution >= 4 is 11.7 Å². The molecule has 2 heterocycles. The first kappa shape index (κ1) is 14.5. The number of carbonyl (C=O) groups excluding carboxylic acids is 1. The van der Waals surface area contributed by atoms with E-state index in [2.05, 4.69) is 20.9 Å². The van der Waals surface area contributed by atoms with Crippen molar-refractivity contribution in [2.45, 2.75) is 25.3 Å². The summed E-state index contributed by atoms with van der Waals surface area (Å²) in [5, 5.41) is 14.2. The fourth-order valence-corrected chi connectivity index (χ4v) is 2.69. The molecule has 7 heteroatoms. The number of hydrogen-bond donors (Lipinski definition) is 2. The van der Waals surface area contributed by atoms with Crippen molar-refractivity contribution in [2.24, 2.45) is 7.05 Å². The molecule has 0 spiro atoms. The average Bonchev–Trinajstić information content (AvgIpc) is 2.89. The second-order valence-electron chi connectivity index (χ2n) is 5.50. The van der Waals surface area contributed by atoms with Gasteiger partial charge in [-0.25, -0.2) is 9.07 Å². The predicted molar refractivity (Wildman–Crippen MR) is 79.8 cm³/mol. The predicted octanol–water partition coefficient (Wildman–Crippen LogP) is 1.73. The maximum absolute atomic E-state index is 13.0. The van der Waals surface area contributed by atoms with Crippen molar-refractivity contribution < 1.29 is 9.18 Å². The van der Waals surface area contributed by atoms with Crippen molar-refractivity contribution in [2.75, 3.05) is 11.9 Å². The lowest BCUT2D eigenvalue weighted by Gasteiger charge is -2.24. The number of aromatic nitrogens is 3. The Balaban J connectivity index is 1.74. The van der Waals surface area contributed by atoms with Crippen LogP contribution < -0.4 is 10.6 Å². The normalized spacial score (nSPS) is 18.2. The van der Waals surface area contributed by atoms with Crippen LogP contribution in [0.2, 0.25) is 0 Å². The topological polar surface area (TPSA) is 71.8 Å². The fraction of sp³-hybridized carbons (Fsp3) is 0.400. The van der Waals surface area contributed by atoms with Gasteiger partial charge in [0.2, 0.25) is 5.91 Å². The average molecular weight is 303 g/mol. The summed E-state index contributed by atoms with van der Waals surface area (Å²) in [6.07, 6.45) is 0.674. The highest BCUT2D eigenvalue weighted by atomic mass is 19.1.